The van der Waals surface area contributed by atoms with Crippen LogP contribution >= 0.6 is 11.3 Å². The molecule has 0 saturated heterocycles. The lowest BCUT2D eigenvalue weighted by atomic mass is 9.99. The van der Waals surface area contributed by atoms with E-state index < -0.39 is 10.0 Å². The summed E-state index contributed by atoms with van der Waals surface area (Å²) in [4.78, 5) is 18.3. The van der Waals surface area contributed by atoms with Crippen molar-refractivity contribution in [3.05, 3.63) is 45.6 Å². The van der Waals surface area contributed by atoms with Crippen LogP contribution in [0.5, 0.6) is 0 Å². The molecule has 0 spiro atoms. The van der Waals surface area contributed by atoms with Crippen LogP contribution in [-0.4, -0.2) is 45.1 Å². The van der Waals surface area contributed by atoms with Gasteiger partial charge in [0.2, 0.25) is 15.9 Å². The van der Waals surface area contributed by atoms with Gasteiger partial charge < -0.3 is 9.80 Å². The van der Waals surface area contributed by atoms with Gasteiger partial charge in [0.25, 0.3) is 0 Å². The molecule has 0 atom stereocenters. The van der Waals surface area contributed by atoms with Crippen molar-refractivity contribution in [3.63, 3.8) is 0 Å². The molecular weight excluding hydrogens is 394 g/mol. The molecule has 2 aliphatic heterocycles. The van der Waals surface area contributed by atoms with E-state index in [-0.39, 0.29) is 5.91 Å². The van der Waals surface area contributed by atoms with E-state index in [0.717, 1.165) is 50.1 Å². The van der Waals surface area contributed by atoms with Gasteiger partial charge in [-0.3, -0.25) is 9.52 Å². The number of hydrogen-bond donors (Lipinski definition) is 1. The minimum atomic E-state index is -3.32. The number of amides is 1. The first-order chi connectivity index (χ1) is 13.4. The minimum absolute atomic E-state index is 0.189. The number of rotatable bonds is 5. The average molecular weight is 420 g/mol. The van der Waals surface area contributed by atoms with Crippen LogP contribution in [0.4, 0.5) is 11.4 Å². The first-order valence-electron chi connectivity index (χ1n) is 9.58. The Kier molecular flexibility index (Phi) is 5.33. The summed E-state index contributed by atoms with van der Waals surface area (Å²) in [7, 11) is -3.32. The summed E-state index contributed by atoms with van der Waals surface area (Å²) in [6, 6.07) is 7.82. The Hall–Kier alpha value is -2.06. The van der Waals surface area contributed by atoms with Gasteiger partial charge in [-0.15, -0.1) is 11.3 Å². The molecular formula is C20H25N3O3S2. The van der Waals surface area contributed by atoms with Gasteiger partial charge >= 0.3 is 0 Å². The normalized spacial score (nSPS) is 16.5. The zero-order chi connectivity index (χ0) is 19.7. The van der Waals surface area contributed by atoms with Gasteiger partial charge in [0.1, 0.15) is 0 Å². The van der Waals surface area contributed by atoms with E-state index in [0.29, 0.717) is 18.7 Å². The highest BCUT2D eigenvalue weighted by Crippen LogP contribution is 2.33. The zero-order valence-electron chi connectivity index (χ0n) is 16.0. The van der Waals surface area contributed by atoms with Crippen molar-refractivity contribution in [2.45, 2.75) is 32.2 Å². The number of fused-ring (bicyclic) bond motifs is 2. The van der Waals surface area contributed by atoms with Gasteiger partial charge in [-0.05, 0) is 54.0 Å². The van der Waals surface area contributed by atoms with Crippen LogP contribution in [0.2, 0.25) is 0 Å². The molecule has 8 heteroatoms. The fourth-order valence-electron chi connectivity index (χ4n) is 4.08. The van der Waals surface area contributed by atoms with Crippen molar-refractivity contribution in [2.24, 2.45) is 0 Å². The molecule has 1 aromatic heterocycles. The first kappa shape index (κ1) is 19.3. The number of carbonyl (C=O) groups excluding carboxylic acids is 1. The van der Waals surface area contributed by atoms with E-state index in [9.17, 15) is 13.2 Å². The largest absolute Gasteiger partial charge is 0.371 e. The van der Waals surface area contributed by atoms with E-state index in [1.165, 1.54) is 16.7 Å². The number of nitrogens with zero attached hydrogens (tertiary/aromatic N) is 2. The van der Waals surface area contributed by atoms with Gasteiger partial charge in [0, 0.05) is 43.2 Å². The number of nitrogens with one attached hydrogen (secondary N) is 1. The molecule has 6 nitrogen and oxygen atoms in total. The Labute approximate surface area is 170 Å². The second-order valence-corrected chi connectivity index (χ2v) is 10.2. The van der Waals surface area contributed by atoms with E-state index in [2.05, 4.69) is 21.1 Å². The van der Waals surface area contributed by atoms with Crippen LogP contribution < -0.4 is 9.62 Å². The van der Waals surface area contributed by atoms with Crippen molar-refractivity contribution < 1.29 is 13.2 Å². The highest BCUT2D eigenvalue weighted by atomic mass is 32.2. The summed E-state index contributed by atoms with van der Waals surface area (Å²) in [6.45, 7) is 3.06. The Bertz CT molecular complexity index is 984. The molecule has 3 heterocycles. The number of anilines is 2. The first-order valence-corrected chi connectivity index (χ1v) is 12.4. The molecule has 28 heavy (non-hydrogen) atoms. The molecule has 0 aliphatic carbocycles. The van der Waals surface area contributed by atoms with Crippen LogP contribution in [0.15, 0.2) is 29.6 Å². The summed E-state index contributed by atoms with van der Waals surface area (Å²) < 4.78 is 25.9. The lowest BCUT2D eigenvalue weighted by Gasteiger charge is -2.33. The summed E-state index contributed by atoms with van der Waals surface area (Å²) >= 11 is 1.78. The molecule has 0 bridgehead atoms. The van der Waals surface area contributed by atoms with Crippen molar-refractivity contribution >= 4 is 38.6 Å². The van der Waals surface area contributed by atoms with E-state index >= 15 is 0 Å². The van der Waals surface area contributed by atoms with E-state index in [1.54, 1.807) is 17.4 Å². The number of benzene rings is 1. The third-order valence-electron chi connectivity index (χ3n) is 5.40. The molecule has 1 aromatic carbocycles. The topological polar surface area (TPSA) is 69.7 Å². The van der Waals surface area contributed by atoms with Crippen LogP contribution in [0.1, 0.15) is 28.8 Å². The highest BCUT2D eigenvalue weighted by Gasteiger charge is 2.24. The summed E-state index contributed by atoms with van der Waals surface area (Å²) in [5.41, 5.74) is 3.99. The second kappa shape index (κ2) is 7.75. The van der Waals surface area contributed by atoms with Crippen LogP contribution in [0, 0.1) is 0 Å². The summed E-state index contributed by atoms with van der Waals surface area (Å²) in [5.74, 6) is 0.189. The van der Waals surface area contributed by atoms with Crippen molar-refractivity contribution in [1.82, 2.24) is 4.90 Å². The van der Waals surface area contributed by atoms with Gasteiger partial charge in [0.15, 0.2) is 0 Å². The minimum Gasteiger partial charge on any atom is -0.371 e. The van der Waals surface area contributed by atoms with Crippen molar-refractivity contribution in [3.8, 4) is 0 Å². The molecule has 0 radical (unpaired) electrons. The third-order valence-corrected chi connectivity index (χ3v) is 7.01. The molecule has 2 aromatic rings. The van der Waals surface area contributed by atoms with E-state index in [4.69, 9.17) is 0 Å². The molecule has 4 rings (SSSR count). The lowest BCUT2D eigenvalue weighted by Crippen LogP contribution is -2.38. The number of hydrogen-bond acceptors (Lipinski definition) is 5. The molecule has 0 fully saturated rings. The molecule has 0 unspecified atom stereocenters. The number of carbonyl (C=O) groups is 1. The van der Waals surface area contributed by atoms with Crippen LogP contribution in [0.25, 0.3) is 0 Å². The van der Waals surface area contributed by atoms with Gasteiger partial charge in [-0.25, -0.2) is 8.42 Å². The zero-order valence-corrected chi connectivity index (χ0v) is 17.6. The Morgan fingerprint density at radius 1 is 1.21 bits per heavy atom. The highest BCUT2D eigenvalue weighted by molar-refractivity contribution is 7.92. The third kappa shape index (κ3) is 4.17. The monoisotopic (exact) mass is 419 g/mol. The Morgan fingerprint density at radius 2 is 2.07 bits per heavy atom. The standard InChI is InChI=1S/C20H25N3O3S2/c1-28(25,26)21-17-5-2-6-18-16(17)4-3-10-22(18)12-8-20(24)23-11-7-19-15(14-23)9-13-27-19/h2,5-6,9,13,21H,3-4,7-8,10-12,14H2,1H3. The Morgan fingerprint density at radius 3 is 2.89 bits per heavy atom. The maximum atomic E-state index is 12.7. The van der Waals surface area contributed by atoms with Crippen LogP contribution in [-0.2, 0) is 34.2 Å². The smallest absolute Gasteiger partial charge is 0.229 e. The second-order valence-electron chi connectivity index (χ2n) is 7.45. The van der Waals surface area contributed by atoms with Crippen LogP contribution in [0.3, 0.4) is 0 Å². The fraction of sp³-hybridized carbons (Fsp3) is 0.450. The number of thiophene rings is 1. The predicted octanol–water partition coefficient (Wildman–Crippen LogP) is 2.85. The lowest BCUT2D eigenvalue weighted by molar-refractivity contribution is -0.131. The predicted molar refractivity (Wildman–Crippen MR) is 113 cm³/mol. The average Bonchev–Trinajstić information content (AvgIpc) is 3.13. The van der Waals surface area contributed by atoms with Crippen molar-refractivity contribution in [2.75, 3.05) is 35.5 Å². The number of sulfonamides is 1. The summed E-state index contributed by atoms with van der Waals surface area (Å²) in [6.07, 6.45) is 4.38. The Balaban J connectivity index is 1.43. The molecule has 1 N–H and O–H groups in total. The molecule has 0 saturated carbocycles. The maximum absolute atomic E-state index is 12.7. The van der Waals surface area contributed by atoms with Gasteiger partial charge in [-0.2, -0.15) is 0 Å². The van der Waals surface area contributed by atoms with E-state index in [1.807, 2.05) is 17.0 Å². The quantitative estimate of drug-likeness (QED) is 0.809. The SMILES string of the molecule is CS(=O)(=O)Nc1cccc2c1CCCN2CCC(=O)N1CCc2sccc2C1. The fourth-order valence-corrected chi connectivity index (χ4v) is 5.56. The molecule has 150 valence electrons. The molecule has 1 amide bonds. The molecule has 2 aliphatic rings. The van der Waals surface area contributed by atoms with Crippen molar-refractivity contribution in [1.29, 1.82) is 0 Å². The van der Waals surface area contributed by atoms with Gasteiger partial charge in [-0.1, -0.05) is 6.07 Å². The summed E-state index contributed by atoms with van der Waals surface area (Å²) in [5, 5.41) is 2.10. The van der Waals surface area contributed by atoms with Gasteiger partial charge in [0.05, 0.1) is 11.9 Å². The maximum Gasteiger partial charge on any atom is 0.229 e.